The number of esters is 4. The summed E-state index contributed by atoms with van der Waals surface area (Å²) in [5.41, 5.74) is 0. The van der Waals surface area contributed by atoms with E-state index in [-0.39, 0.29) is 25.7 Å². The fraction of sp³-hybridized carbons (Fsp3) is 0.586. The Kier molecular flexibility index (Phi) is 72.6. The lowest BCUT2D eigenvalue weighted by molar-refractivity contribution is -0.161. The van der Waals surface area contributed by atoms with Crippen LogP contribution in [0.1, 0.15) is 272 Å². The topological polar surface area (TPSA) is 237 Å². The smallest absolute Gasteiger partial charge is 0.462 e. The van der Waals surface area contributed by atoms with Crippen molar-refractivity contribution in [3.05, 3.63) is 194 Å². The third kappa shape index (κ3) is 76.1. The van der Waals surface area contributed by atoms with Crippen LogP contribution in [0.4, 0.5) is 0 Å². The second-order valence-electron chi connectivity index (χ2n) is 25.5. The van der Waals surface area contributed by atoms with Gasteiger partial charge < -0.3 is 33.8 Å². The third-order valence-corrected chi connectivity index (χ3v) is 17.5. The lowest BCUT2D eigenvalue weighted by Crippen LogP contribution is -2.30. The molecular weight excluding hydrogens is 1380 g/mol. The van der Waals surface area contributed by atoms with Crippen LogP contribution in [0.15, 0.2) is 194 Å². The van der Waals surface area contributed by atoms with E-state index < -0.39 is 97.5 Å². The molecule has 5 unspecified atom stereocenters. The molecule has 106 heavy (non-hydrogen) atoms. The predicted molar refractivity (Wildman–Crippen MR) is 436 cm³/mol. The number of rotatable bonds is 72. The van der Waals surface area contributed by atoms with Crippen LogP contribution < -0.4 is 0 Å². The predicted octanol–water partition coefficient (Wildman–Crippen LogP) is 23.3. The molecule has 0 aromatic heterocycles. The third-order valence-electron chi connectivity index (χ3n) is 15.6. The van der Waals surface area contributed by atoms with Gasteiger partial charge in [0, 0.05) is 19.3 Å². The highest BCUT2D eigenvalue weighted by Gasteiger charge is 2.30. The quantitative estimate of drug-likeness (QED) is 0.0169. The normalized spacial score (nSPS) is 14.9. The highest BCUT2D eigenvalue weighted by atomic mass is 31.2. The molecule has 0 aromatic carbocycles. The zero-order chi connectivity index (χ0) is 77.4. The van der Waals surface area contributed by atoms with E-state index in [4.69, 9.17) is 37.0 Å². The second kappa shape index (κ2) is 77.1. The SMILES string of the molecule is CC/C=C\C/C=C\C/C=C\C/C=C\C/C=C\CCCCCC(=O)OCC(COP(=O)(O)OCC(O)COP(=O)(O)OCC(COC(=O)CCCCC/C=C\C/C=C\C/C=C\C/C=C\C/C=C\CC)OC(=O)CCCCCCC/C=C\CCCCCC)OC(=O)C/C=C\C/C=C\C/C=C\C/C=C\C/C=C\CC. The Morgan fingerprint density at radius 1 is 0.283 bits per heavy atom. The molecule has 0 aliphatic rings. The number of carbonyl (C=O) groups excluding carboxylic acids is 4. The Bertz CT molecular complexity index is 2780. The Balaban J connectivity index is 5.50. The average molecular weight is 1520 g/mol. The van der Waals surface area contributed by atoms with Crippen LogP contribution in [0.3, 0.4) is 0 Å². The van der Waals surface area contributed by atoms with Crippen LogP contribution in [-0.2, 0) is 65.4 Å². The number of ether oxygens (including phenoxy) is 4. The zero-order valence-corrected chi connectivity index (χ0v) is 67.1. The largest absolute Gasteiger partial charge is 0.472 e. The number of hydrogen-bond acceptors (Lipinski definition) is 15. The van der Waals surface area contributed by atoms with E-state index >= 15 is 0 Å². The summed E-state index contributed by atoms with van der Waals surface area (Å²) in [6, 6.07) is 0. The van der Waals surface area contributed by atoms with Gasteiger partial charge in [0.2, 0.25) is 0 Å². The van der Waals surface area contributed by atoms with Gasteiger partial charge in [-0.3, -0.25) is 37.3 Å². The molecule has 17 nitrogen and oxygen atoms in total. The summed E-state index contributed by atoms with van der Waals surface area (Å²) in [5, 5.41) is 10.6. The van der Waals surface area contributed by atoms with Crippen molar-refractivity contribution in [2.24, 2.45) is 0 Å². The van der Waals surface area contributed by atoms with E-state index in [9.17, 15) is 43.2 Å². The summed E-state index contributed by atoms with van der Waals surface area (Å²) >= 11 is 0. The molecule has 598 valence electrons. The fourth-order valence-corrected chi connectivity index (χ4v) is 11.2. The summed E-state index contributed by atoms with van der Waals surface area (Å²) in [6.07, 6.45) is 94.5. The van der Waals surface area contributed by atoms with Crippen molar-refractivity contribution in [1.29, 1.82) is 0 Å². The number of aliphatic hydroxyl groups excluding tert-OH is 1. The summed E-state index contributed by atoms with van der Waals surface area (Å²) in [5.74, 6) is -2.43. The first-order valence-corrected chi connectivity index (χ1v) is 42.7. The standard InChI is InChI=1S/C87H138O17P2/c1-5-9-13-17-21-25-29-33-36-38-40-42-45-48-51-55-59-63-67-71-84(89)97-77-82(103-86(91)73-69-65-61-57-53-47-32-28-24-20-16-12-8-4)79-101-105(93,94)99-75-81(88)76-100-106(95,96)102-80-83(104-87(92)74-70-66-62-58-54-50-44-35-31-27-23-19-15-11-7-3)78-98-85(90)72-68-64-60-56-52-49-46-43-41-39-37-34-30-26-22-18-14-10-6-2/h9-11,13-15,21-23,25-28,32-37,40-44,48-49,51-52,54,58,66,70,81-83,88H,5-8,12,16-20,24,29-31,38-39,45-47,50,53,55-57,59-65,67-69,71-80H2,1-4H3,(H,93,94)(H,95,96)/b13-9-,14-10-,15-11-,25-21-,26-22-,27-23-,32-28-,36-33-,37-34-,42-40-,43-41-,44-35-,51-48-,52-49-,58-54-,70-66-. The van der Waals surface area contributed by atoms with Crippen LogP contribution >= 0.6 is 15.6 Å². The van der Waals surface area contributed by atoms with Gasteiger partial charge in [0.05, 0.1) is 32.8 Å². The van der Waals surface area contributed by atoms with Crippen molar-refractivity contribution < 1.29 is 80.2 Å². The highest BCUT2D eigenvalue weighted by Crippen LogP contribution is 2.45. The maximum Gasteiger partial charge on any atom is 0.472 e. The summed E-state index contributed by atoms with van der Waals surface area (Å²) in [6.45, 7) is 4.28. The molecule has 5 atom stereocenters. The van der Waals surface area contributed by atoms with Crippen molar-refractivity contribution in [1.82, 2.24) is 0 Å². The van der Waals surface area contributed by atoms with Gasteiger partial charge in [-0.25, -0.2) is 9.13 Å². The van der Waals surface area contributed by atoms with Gasteiger partial charge in [-0.1, -0.05) is 273 Å². The molecule has 0 spiro atoms. The fourth-order valence-electron chi connectivity index (χ4n) is 9.64. The van der Waals surface area contributed by atoms with Gasteiger partial charge in [0.1, 0.15) is 19.3 Å². The minimum Gasteiger partial charge on any atom is -0.462 e. The van der Waals surface area contributed by atoms with Gasteiger partial charge in [0.15, 0.2) is 12.2 Å². The van der Waals surface area contributed by atoms with Gasteiger partial charge in [0.25, 0.3) is 0 Å². The van der Waals surface area contributed by atoms with Gasteiger partial charge in [-0.15, -0.1) is 0 Å². The minimum atomic E-state index is -5.02. The van der Waals surface area contributed by atoms with Crippen LogP contribution in [-0.4, -0.2) is 96.7 Å². The maximum absolute atomic E-state index is 13.1. The van der Waals surface area contributed by atoms with E-state index in [1.807, 2.05) is 12.2 Å². The monoisotopic (exact) mass is 1520 g/mol. The average Bonchev–Trinajstić information content (AvgIpc) is 0.933. The van der Waals surface area contributed by atoms with E-state index in [0.717, 1.165) is 167 Å². The van der Waals surface area contributed by atoms with Crippen LogP contribution in [0.2, 0.25) is 0 Å². The highest BCUT2D eigenvalue weighted by molar-refractivity contribution is 7.47. The molecule has 0 aliphatic heterocycles. The molecular formula is C87H138O17P2. The number of carbonyl (C=O) groups is 4. The number of aliphatic hydroxyl groups is 1. The molecule has 0 fully saturated rings. The molecule has 0 radical (unpaired) electrons. The van der Waals surface area contributed by atoms with Crippen molar-refractivity contribution in [2.75, 3.05) is 39.6 Å². The molecule has 0 saturated carbocycles. The Morgan fingerprint density at radius 2 is 0.528 bits per heavy atom. The Morgan fingerprint density at radius 3 is 0.858 bits per heavy atom. The molecule has 19 heteroatoms. The van der Waals surface area contributed by atoms with E-state index in [0.29, 0.717) is 25.7 Å². The molecule has 0 saturated heterocycles. The summed E-state index contributed by atoms with van der Waals surface area (Å²) in [4.78, 5) is 72.9. The summed E-state index contributed by atoms with van der Waals surface area (Å²) < 4.78 is 68.4. The number of hydrogen-bond donors (Lipinski definition) is 3. The number of allylic oxidation sites excluding steroid dienone is 31. The first kappa shape index (κ1) is 99.9. The molecule has 0 aromatic rings. The van der Waals surface area contributed by atoms with Gasteiger partial charge >= 0.3 is 39.5 Å². The van der Waals surface area contributed by atoms with Crippen molar-refractivity contribution in [3.63, 3.8) is 0 Å². The summed E-state index contributed by atoms with van der Waals surface area (Å²) in [7, 11) is -10.0. The van der Waals surface area contributed by atoms with Crippen LogP contribution in [0, 0.1) is 0 Å². The number of phosphoric ester groups is 2. The van der Waals surface area contributed by atoms with E-state index in [1.54, 1.807) is 12.2 Å². The van der Waals surface area contributed by atoms with Crippen molar-refractivity contribution in [2.45, 2.75) is 290 Å². The lowest BCUT2D eigenvalue weighted by Gasteiger charge is -2.21. The first-order valence-electron chi connectivity index (χ1n) is 39.7. The molecule has 0 heterocycles. The molecule has 3 N–H and O–H groups in total. The Hall–Kier alpha value is -6.10. The van der Waals surface area contributed by atoms with Crippen molar-refractivity contribution >= 4 is 39.5 Å². The lowest BCUT2D eigenvalue weighted by atomic mass is 10.1. The van der Waals surface area contributed by atoms with Crippen LogP contribution in [0.5, 0.6) is 0 Å². The second-order valence-corrected chi connectivity index (χ2v) is 28.4. The zero-order valence-electron chi connectivity index (χ0n) is 65.3. The van der Waals surface area contributed by atoms with E-state index in [1.165, 1.54) is 25.7 Å². The van der Waals surface area contributed by atoms with Gasteiger partial charge in [-0.2, -0.15) is 0 Å². The van der Waals surface area contributed by atoms with Crippen LogP contribution in [0.25, 0.3) is 0 Å². The molecule has 0 rings (SSSR count). The number of phosphoric acid groups is 2. The maximum atomic E-state index is 13.1. The van der Waals surface area contributed by atoms with E-state index in [2.05, 4.69) is 198 Å². The van der Waals surface area contributed by atoms with Gasteiger partial charge in [-0.05, 0) is 167 Å². The molecule has 0 amide bonds. The first-order chi connectivity index (χ1) is 51.7. The minimum absolute atomic E-state index is 0.0667. The molecule has 0 bridgehead atoms. The molecule has 0 aliphatic carbocycles. The van der Waals surface area contributed by atoms with Crippen molar-refractivity contribution in [3.8, 4) is 0 Å². The Labute approximate surface area is 640 Å². The number of unbranched alkanes of at least 4 members (excludes halogenated alkanes) is 15.